The Hall–Kier alpha value is -3.61. The van der Waals surface area contributed by atoms with E-state index in [4.69, 9.17) is 9.47 Å². The quantitative estimate of drug-likeness (QED) is 0.852. The first kappa shape index (κ1) is 17.2. The number of benzene rings is 1. The van der Waals surface area contributed by atoms with Crippen molar-refractivity contribution in [1.29, 1.82) is 0 Å². The van der Waals surface area contributed by atoms with Crippen LogP contribution in [0.5, 0.6) is 0 Å². The smallest absolute Gasteiger partial charge is 0.355 e. The van der Waals surface area contributed by atoms with E-state index in [-0.39, 0.29) is 11.3 Å². The molecule has 0 saturated heterocycles. The lowest BCUT2D eigenvalue weighted by atomic mass is 10.1. The van der Waals surface area contributed by atoms with Crippen LogP contribution < -0.4 is 4.90 Å². The number of allylic oxidation sites excluding steroid dienone is 2. The van der Waals surface area contributed by atoms with E-state index >= 15 is 0 Å². The second kappa shape index (κ2) is 7.52. The van der Waals surface area contributed by atoms with Gasteiger partial charge in [-0.05, 0) is 35.9 Å². The van der Waals surface area contributed by atoms with Gasteiger partial charge in [0.2, 0.25) is 0 Å². The van der Waals surface area contributed by atoms with Crippen molar-refractivity contribution in [3.8, 4) is 11.3 Å². The van der Waals surface area contributed by atoms with Gasteiger partial charge in [0, 0.05) is 18.1 Å². The summed E-state index contributed by atoms with van der Waals surface area (Å²) >= 11 is 0. The van der Waals surface area contributed by atoms with Crippen molar-refractivity contribution in [2.24, 2.45) is 0 Å². The van der Waals surface area contributed by atoms with Crippen molar-refractivity contribution in [2.75, 3.05) is 19.1 Å². The lowest BCUT2D eigenvalue weighted by Crippen LogP contribution is -2.26. The van der Waals surface area contributed by atoms with Gasteiger partial charge < -0.3 is 14.4 Å². The molecule has 1 aliphatic heterocycles. The van der Waals surface area contributed by atoms with Crippen LogP contribution in [0.4, 0.5) is 5.69 Å². The van der Waals surface area contributed by atoms with Gasteiger partial charge in [-0.15, -0.1) is 0 Å². The number of hydrogen-bond acceptors (Lipinski definition) is 6. The van der Waals surface area contributed by atoms with Gasteiger partial charge in [0.1, 0.15) is 5.70 Å². The van der Waals surface area contributed by atoms with E-state index in [1.165, 1.54) is 20.3 Å². The lowest BCUT2D eigenvalue weighted by molar-refractivity contribution is -0.139. The summed E-state index contributed by atoms with van der Waals surface area (Å²) in [4.78, 5) is 26.1. The molecular formula is C19H17N3O4. The monoisotopic (exact) mass is 351 g/mol. The third-order valence-corrected chi connectivity index (χ3v) is 3.85. The second-order valence-corrected chi connectivity index (χ2v) is 5.33. The Labute approximate surface area is 150 Å². The molecule has 26 heavy (non-hydrogen) atoms. The van der Waals surface area contributed by atoms with E-state index in [2.05, 4.69) is 10.2 Å². The maximum atomic E-state index is 12.4. The van der Waals surface area contributed by atoms with Crippen LogP contribution in [-0.2, 0) is 19.1 Å². The Morgan fingerprint density at radius 1 is 1.00 bits per heavy atom. The van der Waals surface area contributed by atoms with Gasteiger partial charge in [-0.2, -0.15) is 5.10 Å². The molecule has 0 radical (unpaired) electrons. The van der Waals surface area contributed by atoms with E-state index in [9.17, 15) is 9.59 Å². The first-order chi connectivity index (χ1) is 12.7. The van der Waals surface area contributed by atoms with Crippen molar-refractivity contribution in [2.45, 2.75) is 0 Å². The fourth-order valence-electron chi connectivity index (χ4n) is 2.58. The highest BCUT2D eigenvalue weighted by Crippen LogP contribution is 2.28. The van der Waals surface area contributed by atoms with Gasteiger partial charge in [0.05, 0.1) is 25.5 Å². The number of carbonyl (C=O) groups excluding carboxylic acids is 2. The largest absolute Gasteiger partial charge is 0.465 e. The van der Waals surface area contributed by atoms with Crippen LogP contribution in [0.1, 0.15) is 0 Å². The molecule has 0 saturated carbocycles. The fourth-order valence-corrected chi connectivity index (χ4v) is 2.58. The third kappa shape index (κ3) is 3.27. The van der Waals surface area contributed by atoms with Crippen molar-refractivity contribution >= 4 is 17.6 Å². The minimum Gasteiger partial charge on any atom is -0.465 e. The van der Waals surface area contributed by atoms with Gasteiger partial charge in [0.25, 0.3) is 0 Å². The molecule has 0 atom stereocenters. The average molecular weight is 351 g/mol. The zero-order valence-electron chi connectivity index (χ0n) is 14.3. The summed E-state index contributed by atoms with van der Waals surface area (Å²) in [7, 11) is 2.53. The highest BCUT2D eigenvalue weighted by Gasteiger charge is 2.27. The molecule has 7 nitrogen and oxygen atoms in total. The Bertz CT molecular complexity index is 893. The summed E-state index contributed by atoms with van der Waals surface area (Å²) in [5, 5.41) is 6.83. The van der Waals surface area contributed by atoms with Gasteiger partial charge >= 0.3 is 11.9 Å². The minimum atomic E-state index is -0.640. The maximum absolute atomic E-state index is 12.4. The molecule has 2 heterocycles. The molecule has 0 bridgehead atoms. The SMILES string of the molecule is COC(=O)C1=C(C(=O)OC)N(c2ccc(-c3ccn[nH]3)cc2)C=CC=C1. The normalized spacial score (nSPS) is 13.5. The summed E-state index contributed by atoms with van der Waals surface area (Å²) < 4.78 is 9.68. The predicted octanol–water partition coefficient (Wildman–Crippen LogP) is 2.57. The summed E-state index contributed by atoms with van der Waals surface area (Å²) in [5.41, 5.74) is 2.71. The van der Waals surface area contributed by atoms with Gasteiger partial charge in [-0.1, -0.05) is 18.2 Å². The summed E-state index contributed by atoms with van der Waals surface area (Å²) in [6.07, 6.45) is 8.26. The number of aromatic nitrogens is 2. The first-order valence-electron chi connectivity index (χ1n) is 7.80. The minimum absolute atomic E-state index is 0.0821. The Morgan fingerprint density at radius 3 is 2.35 bits per heavy atom. The molecule has 7 heteroatoms. The van der Waals surface area contributed by atoms with Crippen LogP contribution in [0, 0.1) is 0 Å². The number of nitrogens with one attached hydrogen (secondary N) is 1. The molecular weight excluding hydrogens is 334 g/mol. The maximum Gasteiger partial charge on any atom is 0.355 e. The number of esters is 2. The number of H-pyrrole nitrogens is 1. The highest BCUT2D eigenvalue weighted by molar-refractivity contribution is 6.05. The summed E-state index contributed by atoms with van der Waals surface area (Å²) in [6.45, 7) is 0. The standard InChI is InChI=1S/C19H17N3O4/c1-25-18(23)15-5-3-4-12-22(17(15)19(24)26-2)14-8-6-13(7-9-14)16-10-11-20-21-16/h3-12H,1-2H3,(H,20,21). The van der Waals surface area contributed by atoms with E-state index in [1.54, 1.807) is 29.4 Å². The zero-order chi connectivity index (χ0) is 18.5. The van der Waals surface area contributed by atoms with Gasteiger partial charge in [0.15, 0.2) is 0 Å². The first-order valence-corrected chi connectivity index (χ1v) is 7.80. The Kier molecular flexibility index (Phi) is 4.98. The summed E-state index contributed by atoms with van der Waals surface area (Å²) in [5.74, 6) is -1.26. The Balaban J connectivity index is 2.06. The summed E-state index contributed by atoms with van der Waals surface area (Å²) in [6, 6.07) is 9.32. The Morgan fingerprint density at radius 2 is 1.73 bits per heavy atom. The number of carbonyl (C=O) groups is 2. The van der Waals surface area contributed by atoms with E-state index < -0.39 is 11.9 Å². The molecule has 132 valence electrons. The topological polar surface area (TPSA) is 84.5 Å². The highest BCUT2D eigenvalue weighted by atomic mass is 16.5. The van der Waals surface area contributed by atoms with Crippen molar-refractivity contribution in [3.05, 3.63) is 72.2 Å². The molecule has 0 aliphatic carbocycles. The molecule has 0 spiro atoms. The number of hydrogen-bond donors (Lipinski definition) is 1. The second-order valence-electron chi connectivity index (χ2n) is 5.33. The van der Waals surface area contributed by atoms with Crippen molar-refractivity contribution in [3.63, 3.8) is 0 Å². The van der Waals surface area contributed by atoms with E-state index in [0.29, 0.717) is 5.69 Å². The van der Waals surface area contributed by atoms with Gasteiger partial charge in [-0.3, -0.25) is 5.10 Å². The number of ether oxygens (including phenoxy) is 2. The number of rotatable bonds is 4. The molecule has 1 aromatic carbocycles. The van der Waals surface area contributed by atoms with Crippen LogP contribution in [0.15, 0.2) is 72.2 Å². The average Bonchev–Trinajstić information content (AvgIpc) is 3.13. The molecule has 1 aromatic heterocycles. The molecule has 3 rings (SSSR count). The van der Waals surface area contributed by atoms with Crippen LogP contribution in [0.2, 0.25) is 0 Å². The number of anilines is 1. The zero-order valence-corrected chi connectivity index (χ0v) is 14.3. The lowest BCUT2D eigenvalue weighted by Gasteiger charge is -2.23. The van der Waals surface area contributed by atoms with E-state index in [0.717, 1.165) is 11.3 Å². The molecule has 0 amide bonds. The third-order valence-electron chi connectivity index (χ3n) is 3.85. The van der Waals surface area contributed by atoms with Crippen LogP contribution in [-0.4, -0.2) is 36.4 Å². The number of nitrogens with zero attached hydrogens (tertiary/aromatic N) is 2. The van der Waals surface area contributed by atoms with Crippen LogP contribution in [0.3, 0.4) is 0 Å². The van der Waals surface area contributed by atoms with Crippen molar-refractivity contribution < 1.29 is 19.1 Å². The van der Waals surface area contributed by atoms with Crippen molar-refractivity contribution in [1.82, 2.24) is 10.2 Å². The molecule has 0 fully saturated rings. The molecule has 1 aliphatic rings. The number of methoxy groups -OCH3 is 2. The number of aromatic amines is 1. The molecule has 2 aromatic rings. The molecule has 0 unspecified atom stereocenters. The molecule has 1 N–H and O–H groups in total. The van der Waals surface area contributed by atoms with Crippen LogP contribution >= 0.6 is 0 Å². The van der Waals surface area contributed by atoms with Crippen LogP contribution in [0.25, 0.3) is 11.3 Å². The van der Waals surface area contributed by atoms with E-state index in [1.807, 2.05) is 30.3 Å². The fraction of sp³-hybridized carbons (Fsp3) is 0.105. The van der Waals surface area contributed by atoms with Gasteiger partial charge in [-0.25, -0.2) is 9.59 Å². The predicted molar refractivity (Wildman–Crippen MR) is 95.8 cm³/mol.